The maximum Gasteiger partial charge on any atom is 0.220 e. The molecule has 0 aromatic rings. The SMILES string of the molecule is CC(CN)CCC(=O)NCCN1CCSCC1. The quantitative estimate of drug-likeness (QED) is 0.700. The fraction of sp³-hybridized carbons (Fsp3) is 0.917. The van der Waals surface area contributed by atoms with Crippen LogP contribution in [0.3, 0.4) is 0 Å². The van der Waals surface area contributed by atoms with Crippen molar-refractivity contribution in [2.75, 3.05) is 44.2 Å². The molecular formula is C12H25N3OS. The first-order valence-electron chi connectivity index (χ1n) is 6.49. The third-order valence-corrected chi connectivity index (χ3v) is 4.06. The highest BCUT2D eigenvalue weighted by molar-refractivity contribution is 7.99. The van der Waals surface area contributed by atoms with E-state index in [4.69, 9.17) is 5.73 Å². The lowest BCUT2D eigenvalue weighted by molar-refractivity contribution is -0.121. The second kappa shape index (κ2) is 8.78. The lowest BCUT2D eigenvalue weighted by Gasteiger charge is -2.26. The third kappa shape index (κ3) is 6.91. The summed E-state index contributed by atoms with van der Waals surface area (Å²) in [5, 5.41) is 2.98. The smallest absolute Gasteiger partial charge is 0.220 e. The second-order valence-corrected chi connectivity index (χ2v) is 5.91. The van der Waals surface area contributed by atoms with Crippen LogP contribution in [0.25, 0.3) is 0 Å². The molecule has 1 amide bonds. The predicted octanol–water partition coefficient (Wildman–Crippen LogP) is 0.526. The van der Waals surface area contributed by atoms with Crippen molar-refractivity contribution in [1.29, 1.82) is 0 Å². The summed E-state index contributed by atoms with van der Waals surface area (Å²) < 4.78 is 0. The van der Waals surface area contributed by atoms with Crippen LogP contribution in [0.5, 0.6) is 0 Å². The summed E-state index contributed by atoms with van der Waals surface area (Å²) in [6.45, 7) is 6.83. The Kier molecular flexibility index (Phi) is 7.64. The van der Waals surface area contributed by atoms with Crippen LogP contribution >= 0.6 is 11.8 Å². The molecule has 1 fully saturated rings. The zero-order chi connectivity index (χ0) is 12.5. The minimum atomic E-state index is 0.164. The minimum absolute atomic E-state index is 0.164. The molecule has 1 saturated heterocycles. The normalized spacial score (nSPS) is 18.9. The lowest BCUT2D eigenvalue weighted by Crippen LogP contribution is -2.39. The number of amides is 1. The largest absolute Gasteiger partial charge is 0.355 e. The standard InChI is InChI=1S/C12H25N3OS/c1-11(10-13)2-3-12(16)14-4-5-15-6-8-17-9-7-15/h11H,2-10,13H2,1H3,(H,14,16). The van der Waals surface area contributed by atoms with Gasteiger partial charge in [-0.2, -0.15) is 11.8 Å². The fourth-order valence-corrected chi connectivity index (χ4v) is 2.74. The molecule has 0 aromatic carbocycles. The molecular weight excluding hydrogens is 234 g/mol. The second-order valence-electron chi connectivity index (χ2n) is 4.68. The Balaban J connectivity index is 1.99. The molecule has 0 bridgehead atoms. The van der Waals surface area contributed by atoms with Gasteiger partial charge in [-0.15, -0.1) is 0 Å². The molecule has 4 nitrogen and oxygen atoms in total. The van der Waals surface area contributed by atoms with Crippen LogP contribution in [0.2, 0.25) is 0 Å². The summed E-state index contributed by atoms with van der Waals surface area (Å²) >= 11 is 2.01. The van der Waals surface area contributed by atoms with Gasteiger partial charge in [-0.05, 0) is 18.9 Å². The van der Waals surface area contributed by atoms with Crippen molar-refractivity contribution in [3.05, 3.63) is 0 Å². The first kappa shape index (κ1) is 14.8. The summed E-state index contributed by atoms with van der Waals surface area (Å²) in [4.78, 5) is 13.9. The van der Waals surface area contributed by atoms with E-state index in [-0.39, 0.29) is 5.91 Å². The van der Waals surface area contributed by atoms with Crippen molar-refractivity contribution in [2.24, 2.45) is 11.7 Å². The van der Waals surface area contributed by atoms with Gasteiger partial charge >= 0.3 is 0 Å². The van der Waals surface area contributed by atoms with Gasteiger partial charge in [0.05, 0.1) is 0 Å². The predicted molar refractivity (Wildman–Crippen MR) is 74.2 cm³/mol. The summed E-state index contributed by atoms with van der Waals surface area (Å²) in [5.74, 6) is 3.06. The van der Waals surface area contributed by atoms with Crippen molar-refractivity contribution < 1.29 is 4.79 Å². The average molecular weight is 259 g/mol. The molecule has 0 aromatic heterocycles. The highest BCUT2D eigenvalue weighted by Gasteiger charge is 2.10. The molecule has 0 spiro atoms. The maximum atomic E-state index is 11.5. The van der Waals surface area contributed by atoms with Crippen molar-refractivity contribution >= 4 is 17.7 Å². The average Bonchev–Trinajstić information content (AvgIpc) is 2.37. The number of hydrogen-bond donors (Lipinski definition) is 2. The van der Waals surface area contributed by atoms with Crippen LogP contribution in [0.4, 0.5) is 0 Å². The van der Waals surface area contributed by atoms with Crippen molar-refractivity contribution in [2.45, 2.75) is 19.8 Å². The van der Waals surface area contributed by atoms with Gasteiger partial charge in [0.15, 0.2) is 0 Å². The Morgan fingerprint density at radius 1 is 1.47 bits per heavy atom. The number of nitrogens with two attached hydrogens (primary N) is 1. The Hall–Kier alpha value is -0.260. The number of nitrogens with zero attached hydrogens (tertiary/aromatic N) is 1. The molecule has 17 heavy (non-hydrogen) atoms. The third-order valence-electron chi connectivity index (χ3n) is 3.12. The van der Waals surface area contributed by atoms with Gasteiger partial charge < -0.3 is 11.1 Å². The van der Waals surface area contributed by atoms with Crippen molar-refractivity contribution in [3.8, 4) is 0 Å². The Bertz CT molecular complexity index is 220. The van der Waals surface area contributed by atoms with Crippen molar-refractivity contribution in [1.82, 2.24) is 10.2 Å². The van der Waals surface area contributed by atoms with E-state index in [1.807, 2.05) is 11.8 Å². The van der Waals surface area contributed by atoms with E-state index >= 15 is 0 Å². The molecule has 0 radical (unpaired) electrons. The number of rotatable bonds is 7. The van der Waals surface area contributed by atoms with Gasteiger partial charge in [0, 0.05) is 44.1 Å². The molecule has 1 unspecified atom stereocenters. The molecule has 0 aliphatic carbocycles. The molecule has 1 rings (SSSR count). The first-order valence-corrected chi connectivity index (χ1v) is 7.64. The summed E-state index contributed by atoms with van der Waals surface area (Å²) in [6, 6.07) is 0. The number of thioether (sulfide) groups is 1. The van der Waals surface area contributed by atoms with E-state index < -0.39 is 0 Å². The van der Waals surface area contributed by atoms with E-state index in [9.17, 15) is 4.79 Å². The highest BCUT2D eigenvalue weighted by atomic mass is 32.2. The van der Waals surface area contributed by atoms with Crippen LogP contribution in [0.15, 0.2) is 0 Å². The summed E-state index contributed by atoms with van der Waals surface area (Å²) in [5.41, 5.74) is 5.52. The van der Waals surface area contributed by atoms with Crippen LogP contribution < -0.4 is 11.1 Å². The molecule has 0 saturated carbocycles. The van der Waals surface area contributed by atoms with Crippen LogP contribution in [-0.2, 0) is 4.79 Å². The summed E-state index contributed by atoms with van der Waals surface area (Å²) in [7, 11) is 0. The van der Waals surface area contributed by atoms with Gasteiger partial charge in [0.2, 0.25) is 5.91 Å². The first-order chi connectivity index (χ1) is 8.22. The monoisotopic (exact) mass is 259 g/mol. The van der Waals surface area contributed by atoms with E-state index in [1.54, 1.807) is 0 Å². The van der Waals surface area contributed by atoms with E-state index in [2.05, 4.69) is 17.1 Å². The van der Waals surface area contributed by atoms with E-state index in [0.29, 0.717) is 18.9 Å². The van der Waals surface area contributed by atoms with Gasteiger partial charge in [-0.25, -0.2) is 0 Å². The van der Waals surface area contributed by atoms with Gasteiger partial charge in [-0.3, -0.25) is 9.69 Å². The summed E-state index contributed by atoms with van der Waals surface area (Å²) in [6.07, 6.45) is 1.50. The van der Waals surface area contributed by atoms with E-state index in [0.717, 1.165) is 32.6 Å². The molecule has 3 N–H and O–H groups in total. The highest BCUT2D eigenvalue weighted by Crippen LogP contribution is 2.08. The molecule has 1 aliphatic rings. The number of nitrogens with one attached hydrogen (secondary N) is 1. The van der Waals surface area contributed by atoms with Crippen LogP contribution in [0, 0.1) is 5.92 Å². The molecule has 1 aliphatic heterocycles. The van der Waals surface area contributed by atoms with Crippen molar-refractivity contribution in [3.63, 3.8) is 0 Å². The number of carbonyl (C=O) groups is 1. The Morgan fingerprint density at radius 3 is 2.82 bits per heavy atom. The van der Waals surface area contributed by atoms with Crippen LogP contribution in [-0.4, -0.2) is 55.0 Å². The van der Waals surface area contributed by atoms with Crippen LogP contribution in [0.1, 0.15) is 19.8 Å². The Labute approximate surface area is 109 Å². The van der Waals surface area contributed by atoms with E-state index in [1.165, 1.54) is 11.5 Å². The van der Waals surface area contributed by atoms with Gasteiger partial charge in [0.25, 0.3) is 0 Å². The topological polar surface area (TPSA) is 58.4 Å². The molecule has 1 atom stereocenters. The number of carbonyl (C=O) groups excluding carboxylic acids is 1. The minimum Gasteiger partial charge on any atom is -0.355 e. The Morgan fingerprint density at radius 2 is 2.18 bits per heavy atom. The molecule has 5 heteroatoms. The van der Waals surface area contributed by atoms with Gasteiger partial charge in [0.1, 0.15) is 0 Å². The number of hydrogen-bond acceptors (Lipinski definition) is 4. The lowest BCUT2D eigenvalue weighted by atomic mass is 10.1. The molecule has 1 heterocycles. The fourth-order valence-electron chi connectivity index (χ4n) is 1.76. The molecule has 100 valence electrons. The zero-order valence-electron chi connectivity index (χ0n) is 10.8. The maximum absolute atomic E-state index is 11.5. The van der Waals surface area contributed by atoms with Gasteiger partial charge in [-0.1, -0.05) is 6.92 Å². The zero-order valence-corrected chi connectivity index (χ0v) is 11.6.